The highest BCUT2D eigenvalue weighted by Crippen LogP contribution is 2.37. The molecule has 33 heavy (non-hydrogen) atoms. The van der Waals surface area contributed by atoms with Crippen LogP contribution in [0.15, 0.2) is 71.5 Å². The third-order valence-electron chi connectivity index (χ3n) is 7.11. The lowest BCUT2D eigenvalue weighted by Crippen LogP contribution is -2.23. The summed E-state index contributed by atoms with van der Waals surface area (Å²) in [5.74, 6) is -1.12. The molecule has 6 aromatic rings. The van der Waals surface area contributed by atoms with Crippen LogP contribution in [0.25, 0.3) is 49.0 Å². The summed E-state index contributed by atoms with van der Waals surface area (Å²) in [5.41, 5.74) is 3.25. The highest BCUT2D eigenvalue weighted by atomic mass is 16.4. The number of benzene rings is 4. The van der Waals surface area contributed by atoms with Gasteiger partial charge in [0.05, 0.1) is 17.0 Å². The molecule has 1 unspecified atom stereocenters. The Balaban J connectivity index is 1.61. The maximum absolute atomic E-state index is 13.8. The molecule has 0 bridgehead atoms. The number of hydrogen-bond acceptors (Lipinski definition) is 4. The summed E-state index contributed by atoms with van der Waals surface area (Å²) in [6.45, 7) is 1.16. The highest BCUT2D eigenvalue weighted by Gasteiger charge is 2.29. The first-order valence-corrected chi connectivity index (χ1v) is 11.1. The lowest BCUT2D eigenvalue weighted by atomic mass is 9.99. The Kier molecular flexibility index (Phi) is 3.58. The van der Waals surface area contributed by atoms with Gasteiger partial charge in [-0.3, -0.25) is 14.0 Å². The number of aromatic nitrogens is 2. The van der Waals surface area contributed by atoms with Crippen LogP contribution >= 0.6 is 0 Å². The molecule has 0 radical (unpaired) electrons. The second kappa shape index (κ2) is 6.42. The number of fused-ring (bicyclic) bond motifs is 3. The van der Waals surface area contributed by atoms with E-state index < -0.39 is 5.97 Å². The van der Waals surface area contributed by atoms with Crippen LogP contribution < -0.4 is 10.5 Å². The van der Waals surface area contributed by atoms with Crippen molar-refractivity contribution in [3.63, 3.8) is 0 Å². The lowest BCUT2D eigenvalue weighted by molar-refractivity contribution is -0.140. The number of anilines is 1. The van der Waals surface area contributed by atoms with Gasteiger partial charge in [0.15, 0.2) is 0 Å². The van der Waals surface area contributed by atoms with Crippen molar-refractivity contribution in [2.75, 3.05) is 18.0 Å². The summed E-state index contributed by atoms with van der Waals surface area (Å²) in [7, 11) is 0. The Morgan fingerprint density at radius 3 is 2.52 bits per heavy atom. The van der Waals surface area contributed by atoms with Gasteiger partial charge in [-0.05, 0) is 42.1 Å². The van der Waals surface area contributed by atoms with Gasteiger partial charge in [0.1, 0.15) is 5.65 Å². The molecule has 1 fully saturated rings. The molecule has 1 aliphatic heterocycles. The van der Waals surface area contributed by atoms with Crippen molar-refractivity contribution in [1.82, 2.24) is 9.38 Å². The number of carbonyl (C=O) groups is 1. The summed E-state index contributed by atoms with van der Waals surface area (Å²) in [5, 5.41) is 14.9. The predicted molar refractivity (Wildman–Crippen MR) is 131 cm³/mol. The van der Waals surface area contributed by atoms with Gasteiger partial charge < -0.3 is 10.0 Å². The van der Waals surface area contributed by atoms with E-state index in [2.05, 4.69) is 4.90 Å². The van der Waals surface area contributed by atoms with E-state index in [1.807, 2.05) is 66.7 Å². The molecule has 6 nitrogen and oxygen atoms in total. The highest BCUT2D eigenvalue weighted by molar-refractivity contribution is 6.19. The van der Waals surface area contributed by atoms with Crippen molar-refractivity contribution in [1.29, 1.82) is 0 Å². The zero-order valence-electron chi connectivity index (χ0n) is 17.7. The fourth-order valence-corrected chi connectivity index (χ4v) is 5.58. The second-order valence-corrected chi connectivity index (χ2v) is 8.86. The minimum Gasteiger partial charge on any atom is -0.481 e. The summed E-state index contributed by atoms with van der Waals surface area (Å²) in [6, 6.07) is 21.9. The fourth-order valence-electron chi connectivity index (χ4n) is 5.58. The van der Waals surface area contributed by atoms with Crippen LogP contribution in [-0.4, -0.2) is 33.6 Å². The van der Waals surface area contributed by atoms with E-state index in [0.29, 0.717) is 30.5 Å². The molecule has 7 rings (SSSR count). The molecule has 4 aromatic carbocycles. The number of pyridine rings is 1. The molecule has 0 aliphatic carbocycles. The Morgan fingerprint density at radius 1 is 0.909 bits per heavy atom. The summed E-state index contributed by atoms with van der Waals surface area (Å²) >= 11 is 0. The van der Waals surface area contributed by atoms with Crippen LogP contribution in [0.2, 0.25) is 0 Å². The van der Waals surface area contributed by atoms with Crippen LogP contribution in [0, 0.1) is 5.92 Å². The van der Waals surface area contributed by atoms with Crippen molar-refractivity contribution in [3.8, 4) is 0 Å². The molecule has 0 spiro atoms. The lowest BCUT2D eigenvalue weighted by Gasteiger charge is -2.22. The Labute approximate surface area is 187 Å². The van der Waals surface area contributed by atoms with Gasteiger partial charge in [0.25, 0.3) is 5.56 Å². The number of nitrogens with zero attached hydrogens (tertiary/aromatic N) is 3. The molecule has 1 saturated heterocycles. The third-order valence-corrected chi connectivity index (χ3v) is 7.11. The molecule has 1 N–H and O–H groups in total. The first kappa shape index (κ1) is 18.4. The zero-order chi connectivity index (χ0) is 22.3. The molecular weight excluding hydrogens is 414 g/mol. The fraction of sp³-hybridized carbons (Fsp3) is 0.148. The Bertz CT molecular complexity index is 1820. The van der Waals surface area contributed by atoms with Gasteiger partial charge in [0.2, 0.25) is 0 Å². The first-order valence-electron chi connectivity index (χ1n) is 11.1. The number of rotatable bonds is 2. The largest absolute Gasteiger partial charge is 0.481 e. The van der Waals surface area contributed by atoms with E-state index in [9.17, 15) is 14.7 Å². The second-order valence-electron chi connectivity index (χ2n) is 8.86. The van der Waals surface area contributed by atoms with Crippen molar-refractivity contribution in [2.45, 2.75) is 6.42 Å². The van der Waals surface area contributed by atoms with Gasteiger partial charge in [-0.2, -0.15) is 0 Å². The molecule has 3 heterocycles. The number of carboxylic acid groups (broad SMARTS) is 1. The molecule has 2 aromatic heterocycles. The normalized spacial score (nSPS) is 16.7. The Morgan fingerprint density at radius 2 is 1.70 bits per heavy atom. The summed E-state index contributed by atoms with van der Waals surface area (Å²) in [6.07, 6.45) is 0.623. The van der Waals surface area contributed by atoms with Crippen molar-refractivity contribution >= 4 is 60.7 Å². The summed E-state index contributed by atoms with van der Waals surface area (Å²) in [4.78, 5) is 32.4. The monoisotopic (exact) mass is 433 g/mol. The van der Waals surface area contributed by atoms with Gasteiger partial charge in [-0.15, -0.1) is 0 Å². The first-order chi connectivity index (χ1) is 16.1. The molecule has 1 aliphatic rings. The zero-order valence-corrected chi connectivity index (χ0v) is 17.7. The van der Waals surface area contributed by atoms with Crippen LogP contribution in [0.3, 0.4) is 0 Å². The van der Waals surface area contributed by atoms with Crippen LogP contribution in [0.1, 0.15) is 6.42 Å². The van der Waals surface area contributed by atoms with Crippen LogP contribution in [0.5, 0.6) is 0 Å². The number of carboxylic acids is 1. The minimum absolute atomic E-state index is 0.0872. The topological polar surface area (TPSA) is 74.9 Å². The SMILES string of the molecule is O=C(O)C1CCN(c2ccc3c4c2cccc4c(=O)n2c4cccc5cccc(nc32)c54)C1. The van der Waals surface area contributed by atoms with Crippen molar-refractivity contribution < 1.29 is 9.90 Å². The molecular formula is C27H19N3O3. The van der Waals surface area contributed by atoms with Crippen LogP contribution in [-0.2, 0) is 4.79 Å². The average molecular weight is 433 g/mol. The minimum atomic E-state index is -0.754. The number of aliphatic carboxylic acids is 1. The van der Waals surface area contributed by atoms with Gasteiger partial charge >= 0.3 is 5.97 Å². The maximum atomic E-state index is 13.8. The third kappa shape index (κ3) is 2.40. The molecule has 1 atom stereocenters. The maximum Gasteiger partial charge on any atom is 0.308 e. The van der Waals surface area contributed by atoms with Crippen molar-refractivity contribution in [2.24, 2.45) is 5.92 Å². The smallest absolute Gasteiger partial charge is 0.308 e. The molecule has 160 valence electrons. The van der Waals surface area contributed by atoms with E-state index in [0.717, 1.165) is 43.7 Å². The molecule has 6 heteroatoms. The van der Waals surface area contributed by atoms with E-state index in [4.69, 9.17) is 4.98 Å². The van der Waals surface area contributed by atoms with E-state index in [1.54, 1.807) is 4.40 Å². The summed E-state index contributed by atoms with van der Waals surface area (Å²) < 4.78 is 1.74. The van der Waals surface area contributed by atoms with Gasteiger partial charge in [-0.1, -0.05) is 36.4 Å². The quantitative estimate of drug-likeness (QED) is 0.318. The van der Waals surface area contributed by atoms with E-state index in [1.165, 1.54) is 0 Å². The number of hydrogen-bond donors (Lipinski definition) is 1. The standard InChI is InChI=1S/C27H19N3O3/c31-26-19-7-3-6-17-21(29-13-12-16(14-29)27(32)33)11-10-18(24(17)19)25-28-20-8-1-4-15-5-2-9-22(23(15)20)30(25)26/h1-11,16H,12-14H2,(H,32,33). The van der Waals surface area contributed by atoms with Crippen LogP contribution in [0.4, 0.5) is 5.69 Å². The van der Waals surface area contributed by atoms with Crippen molar-refractivity contribution in [3.05, 3.63) is 77.1 Å². The van der Waals surface area contributed by atoms with Gasteiger partial charge in [-0.25, -0.2) is 4.98 Å². The predicted octanol–water partition coefficient (Wildman–Crippen LogP) is 4.66. The van der Waals surface area contributed by atoms with E-state index >= 15 is 0 Å². The van der Waals surface area contributed by atoms with E-state index in [-0.39, 0.29) is 11.5 Å². The molecule has 0 amide bonds. The molecule has 0 saturated carbocycles. The Hall–Kier alpha value is -4.19. The average Bonchev–Trinajstić information content (AvgIpc) is 3.33. The van der Waals surface area contributed by atoms with Gasteiger partial charge in [0, 0.05) is 45.7 Å².